The molecule has 4 rings (SSSR count). The van der Waals surface area contributed by atoms with Crippen LogP contribution in [0.25, 0.3) is 0 Å². The lowest BCUT2D eigenvalue weighted by molar-refractivity contribution is 0.173. The highest BCUT2D eigenvalue weighted by Crippen LogP contribution is 2.36. The molecule has 0 amide bonds. The Morgan fingerprint density at radius 2 is 1.88 bits per heavy atom. The van der Waals surface area contributed by atoms with Crippen LogP contribution in [0.5, 0.6) is 17.2 Å². The first kappa shape index (κ1) is 17.8. The first-order valence-corrected chi connectivity index (χ1v) is 8.28. The summed E-state index contributed by atoms with van der Waals surface area (Å²) in [6, 6.07) is 12.5. The topological polar surface area (TPSA) is 39.7 Å². The fraction of sp³-hybridized carbons (Fsp3) is 0.368. The van der Waals surface area contributed by atoms with Crippen LogP contribution in [0, 0.1) is 11.7 Å². The summed E-state index contributed by atoms with van der Waals surface area (Å²) in [5, 5.41) is 3.43. The summed E-state index contributed by atoms with van der Waals surface area (Å²) in [6.45, 7) is 2.74. The van der Waals surface area contributed by atoms with Gasteiger partial charge in [0.15, 0.2) is 11.5 Å². The van der Waals surface area contributed by atoms with Crippen molar-refractivity contribution in [2.24, 2.45) is 5.92 Å². The van der Waals surface area contributed by atoms with E-state index in [2.05, 4.69) is 5.32 Å². The van der Waals surface area contributed by atoms with Gasteiger partial charge in [-0.1, -0.05) is 12.1 Å². The molecule has 2 aliphatic rings. The Labute approximate surface area is 152 Å². The molecule has 2 aromatic carbocycles. The van der Waals surface area contributed by atoms with Gasteiger partial charge in [0.05, 0.1) is 6.61 Å². The molecule has 1 unspecified atom stereocenters. The van der Waals surface area contributed by atoms with Crippen molar-refractivity contribution in [1.82, 2.24) is 5.32 Å². The van der Waals surface area contributed by atoms with Gasteiger partial charge in [-0.25, -0.2) is 4.39 Å². The van der Waals surface area contributed by atoms with Crippen LogP contribution in [0.2, 0.25) is 0 Å². The van der Waals surface area contributed by atoms with Crippen LogP contribution in [0.1, 0.15) is 17.9 Å². The lowest BCUT2D eigenvalue weighted by Gasteiger charge is -2.32. The predicted octanol–water partition coefficient (Wildman–Crippen LogP) is 3.75. The average Bonchev–Trinajstić information content (AvgIpc) is 3.09. The van der Waals surface area contributed by atoms with E-state index in [4.69, 9.17) is 14.2 Å². The predicted molar refractivity (Wildman–Crippen MR) is 95.4 cm³/mol. The van der Waals surface area contributed by atoms with E-state index < -0.39 is 0 Å². The van der Waals surface area contributed by atoms with Crippen molar-refractivity contribution in [3.8, 4) is 17.2 Å². The van der Waals surface area contributed by atoms with E-state index in [1.807, 2.05) is 30.3 Å². The summed E-state index contributed by atoms with van der Waals surface area (Å²) in [6.07, 6.45) is 1.03. The zero-order valence-electron chi connectivity index (χ0n) is 13.7. The number of rotatable bonds is 4. The van der Waals surface area contributed by atoms with Gasteiger partial charge < -0.3 is 19.5 Å². The highest BCUT2D eigenvalue weighted by atomic mass is 35.5. The van der Waals surface area contributed by atoms with Crippen LogP contribution >= 0.6 is 12.4 Å². The van der Waals surface area contributed by atoms with Gasteiger partial charge in [0, 0.05) is 18.5 Å². The summed E-state index contributed by atoms with van der Waals surface area (Å²) in [5.41, 5.74) is 1.18. The molecule has 1 fully saturated rings. The van der Waals surface area contributed by atoms with Crippen LogP contribution in [0.4, 0.5) is 4.39 Å². The van der Waals surface area contributed by atoms with Crippen molar-refractivity contribution >= 4 is 12.4 Å². The standard InChI is InChI=1S/C19H20FNO3.ClH/c20-15-3-1-13(2-4-15)17-7-8-21-10-14(17)11-22-16-5-6-18-19(9-16)24-12-23-18;/h1-6,9,14,17,21H,7-8,10-12H2;1H/t14?,17-;/m0./s1. The molecule has 134 valence electrons. The zero-order chi connectivity index (χ0) is 16.4. The second kappa shape index (κ2) is 7.93. The van der Waals surface area contributed by atoms with Crippen LogP contribution < -0.4 is 19.5 Å². The van der Waals surface area contributed by atoms with Gasteiger partial charge in [-0.2, -0.15) is 0 Å². The van der Waals surface area contributed by atoms with E-state index in [9.17, 15) is 4.39 Å². The number of hydrogen-bond donors (Lipinski definition) is 1. The number of piperidine rings is 1. The van der Waals surface area contributed by atoms with E-state index in [-0.39, 0.29) is 25.0 Å². The van der Waals surface area contributed by atoms with Crippen LogP contribution in [0.3, 0.4) is 0 Å². The normalized spacial score (nSPS) is 21.5. The fourth-order valence-electron chi connectivity index (χ4n) is 3.42. The number of halogens is 2. The minimum absolute atomic E-state index is 0. The van der Waals surface area contributed by atoms with Gasteiger partial charge in [-0.3, -0.25) is 0 Å². The van der Waals surface area contributed by atoms with Crippen molar-refractivity contribution in [2.75, 3.05) is 26.5 Å². The number of nitrogens with one attached hydrogen (secondary N) is 1. The Bertz CT molecular complexity index is 710. The van der Waals surface area contributed by atoms with Gasteiger partial charge in [-0.05, 0) is 48.7 Å². The second-order valence-electron chi connectivity index (χ2n) is 6.24. The summed E-state index contributed by atoms with van der Waals surface area (Å²) < 4.78 is 29.9. The molecule has 0 spiro atoms. The van der Waals surface area contributed by atoms with Crippen molar-refractivity contribution in [2.45, 2.75) is 12.3 Å². The molecule has 0 saturated carbocycles. The van der Waals surface area contributed by atoms with Gasteiger partial charge in [0.1, 0.15) is 11.6 Å². The maximum Gasteiger partial charge on any atom is 0.231 e. The number of fused-ring (bicyclic) bond motifs is 1. The molecular formula is C19H21ClFNO3. The number of hydrogen-bond acceptors (Lipinski definition) is 4. The Hall–Kier alpha value is -1.98. The third-order valence-electron chi connectivity index (χ3n) is 4.71. The highest BCUT2D eigenvalue weighted by molar-refractivity contribution is 5.85. The van der Waals surface area contributed by atoms with E-state index >= 15 is 0 Å². The van der Waals surface area contributed by atoms with E-state index in [1.165, 1.54) is 17.7 Å². The van der Waals surface area contributed by atoms with Gasteiger partial charge >= 0.3 is 0 Å². The summed E-state index contributed by atoms with van der Waals surface area (Å²) in [5.74, 6) is 2.79. The van der Waals surface area contributed by atoms with Crippen LogP contribution in [-0.4, -0.2) is 26.5 Å². The molecule has 1 saturated heterocycles. The Morgan fingerprint density at radius 1 is 1.08 bits per heavy atom. The lowest BCUT2D eigenvalue weighted by atomic mass is 9.81. The largest absolute Gasteiger partial charge is 0.493 e. The van der Waals surface area contributed by atoms with Crippen LogP contribution in [0.15, 0.2) is 42.5 Å². The lowest BCUT2D eigenvalue weighted by Crippen LogP contribution is -2.38. The van der Waals surface area contributed by atoms with Crippen molar-refractivity contribution in [1.29, 1.82) is 0 Å². The third kappa shape index (κ3) is 3.99. The van der Waals surface area contributed by atoms with Crippen LogP contribution in [-0.2, 0) is 0 Å². The average molecular weight is 366 g/mol. The quantitative estimate of drug-likeness (QED) is 0.895. The molecule has 0 aromatic heterocycles. The molecule has 2 atom stereocenters. The van der Waals surface area contributed by atoms with Crippen molar-refractivity contribution < 1.29 is 18.6 Å². The molecule has 2 aromatic rings. The van der Waals surface area contributed by atoms with Crippen molar-refractivity contribution in [3.63, 3.8) is 0 Å². The molecule has 4 nitrogen and oxygen atoms in total. The summed E-state index contributed by atoms with van der Waals surface area (Å²) in [4.78, 5) is 0. The van der Waals surface area contributed by atoms with Gasteiger partial charge in [0.25, 0.3) is 0 Å². The maximum atomic E-state index is 13.2. The minimum atomic E-state index is -0.194. The van der Waals surface area contributed by atoms with E-state index in [1.54, 1.807) is 0 Å². The molecule has 25 heavy (non-hydrogen) atoms. The number of ether oxygens (including phenoxy) is 3. The SMILES string of the molecule is Cl.Fc1ccc([C@@H]2CCNCC2COc2ccc3c(c2)OCO3)cc1. The van der Waals surface area contributed by atoms with E-state index in [0.29, 0.717) is 18.4 Å². The molecule has 2 heterocycles. The minimum Gasteiger partial charge on any atom is -0.493 e. The number of benzene rings is 2. The molecule has 0 aliphatic carbocycles. The molecule has 0 radical (unpaired) electrons. The summed E-state index contributed by atoms with van der Waals surface area (Å²) >= 11 is 0. The Morgan fingerprint density at radius 3 is 2.72 bits per heavy atom. The zero-order valence-corrected chi connectivity index (χ0v) is 14.6. The second-order valence-corrected chi connectivity index (χ2v) is 6.24. The molecule has 0 bridgehead atoms. The summed E-state index contributed by atoms with van der Waals surface area (Å²) in [7, 11) is 0. The molecule has 6 heteroatoms. The van der Waals surface area contributed by atoms with Crippen molar-refractivity contribution in [3.05, 3.63) is 53.8 Å². The Balaban J connectivity index is 0.00000182. The smallest absolute Gasteiger partial charge is 0.231 e. The molecule has 1 N–H and O–H groups in total. The maximum absolute atomic E-state index is 13.2. The van der Waals surface area contributed by atoms with Gasteiger partial charge in [-0.15, -0.1) is 12.4 Å². The first-order valence-electron chi connectivity index (χ1n) is 8.28. The fourth-order valence-corrected chi connectivity index (χ4v) is 3.42. The molecular weight excluding hydrogens is 345 g/mol. The first-order chi connectivity index (χ1) is 11.8. The monoisotopic (exact) mass is 365 g/mol. The third-order valence-corrected chi connectivity index (χ3v) is 4.71. The molecule has 2 aliphatic heterocycles. The highest BCUT2D eigenvalue weighted by Gasteiger charge is 2.27. The van der Waals surface area contributed by atoms with E-state index in [0.717, 1.165) is 36.8 Å². The van der Waals surface area contributed by atoms with Gasteiger partial charge in [0.2, 0.25) is 6.79 Å². The Kier molecular flexibility index (Phi) is 5.66.